The predicted molar refractivity (Wildman–Crippen MR) is 66.6 cm³/mol. The summed E-state index contributed by atoms with van der Waals surface area (Å²) in [6.07, 6.45) is 3.03. The second kappa shape index (κ2) is 5.33. The highest BCUT2D eigenvalue weighted by atomic mass is 16.3. The zero-order valence-electron chi connectivity index (χ0n) is 9.88. The van der Waals surface area contributed by atoms with E-state index in [2.05, 4.69) is 15.7 Å². The number of pyridine rings is 1. The van der Waals surface area contributed by atoms with Gasteiger partial charge in [0, 0.05) is 6.20 Å². The molecular formula is C12H14N4O2. The second-order valence-electron chi connectivity index (χ2n) is 3.79. The van der Waals surface area contributed by atoms with Gasteiger partial charge >= 0.3 is 0 Å². The highest BCUT2D eigenvalue weighted by molar-refractivity contribution is 5.94. The van der Waals surface area contributed by atoms with Gasteiger partial charge in [-0.3, -0.25) is 4.79 Å². The average molecular weight is 246 g/mol. The molecule has 6 heteroatoms. The van der Waals surface area contributed by atoms with Gasteiger partial charge in [0.1, 0.15) is 11.6 Å². The molecule has 2 aromatic heterocycles. The Morgan fingerprint density at radius 2 is 2.28 bits per heavy atom. The van der Waals surface area contributed by atoms with E-state index in [0.29, 0.717) is 17.1 Å². The molecule has 0 saturated carbocycles. The normalized spacial score (nSPS) is 11.9. The van der Waals surface area contributed by atoms with Gasteiger partial charge in [0.25, 0.3) is 5.91 Å². The summed E-state index contributed by atoms with van der Waals surface area (Å²) in [7, 11) is 0. The van der Waals surface area contributed by atoms with E-state index in [9.17, 15) is 4.79 Å². The van der Waals surface area contributed by atoms with Crippen LogP contribution in [0.4, 0.5) is 5.82 Å². The molecule has 1 amide bonds. The Labute approximate surface area is 104 Å². The topological polar surface area (TPSA) is 93.2 Å². The molecule has 0 aromatic carbocycles. The smallest absolute Gasteiger partial charge is 0.253 e. The molecule has 94 valence electrons. The van der Waals surface area contributed by atoms with Gasteiger partial charge in [-0.2, -0.15) is 0 Å². The van der Waals surface area contributed by atoms with Gasteiger partial charge in [-0.1, -0.05) is 0 Å². The number of hydrogen-bond acceptors (Lipinski definition) is 5. The first-order valence-electron chi connectivity index (χ1n) is 5.47. The molecule has 0 saturated heterocycles. The number of nitrogen functional groups attached to an aromatic ring is 1. The van der Waals surface area contributed by atoms with E-state index in [1.54, 1.807) is 24.5 Å². The van der Waals surface area contributed by atoms with Gasteiger partial charge in [0.05, 0.1) is 17.9 Å². The Morgan fingerprint density at radius 1 is 1.44 bits per heavy atom. The van der Waals surface area contributed by atoms with Crippen LogP contribution in [0.1, 0.15) is 29.1 Å². The van der Waals surface area contributed by atoms with Crippen molar-refractivity contribution in [1.82, 2.24) is 10.3 Å². The number of hydrogen-bond donors (Lipinski definition) is 3. The summed E-state index contributed by atoms with van der Waals surface area (Å²) >= 11 is 0. The molecule has 6 nitrogen and oxygen atoms in total. The Balaban J connectivity index is 2.03. The molecule has 2 heterocycles. The fourth-order valence-electron chi connectivity index (χ4n) is 1.50. The minimum atomic E-state index is -0.213. The van der Waals surface area contributed by atoms with Crippen LogP contribution in [-0.2, 0) is 0 Å². The average Bonchev–Trinajstić information content (AvgIpc) is 2.92. The van der Waals surface area contributed by atoms with Crippen molar-refractivity contribution < 1.29 is 9.21 Å². The van der Waals surface area contributed by atoms with E-state index >= 15 is 0 Å². The fraction of sp³-hybridized carbons (Fsp3) is 0.167. The van der Waals surface area contributed by atoms with Crippen LogP contribution in [0.5, 0.6) is 0 Å². The lowest BCUT2D eigenvalue weighted by Gasteiger charge is -2.11. The van der Waals surface area contributed by atoms with Crippen molar-refractivity contribution >= 4 is 11.7 Å². The molecule has 0 aliphatic carbocycles. The van der Waals surface area contributed by atoms with Gasteiger partial charge < -0.3 is 15.2 Å². The lowest BCUT2D eigenvalue weighted by Crippen LogP contribution is -2.26. The first-order valence-corrected chi connectivity index (χ1v) is 5.47. The molecule has 0 aliphatic rings. The number of carbonyl (C=O) groups is 1. The molecule has 0 bridgehead atoms. The first-order chi connectivity index (χ1) is 8.70. The number of amides is 1. The van der Waals surface area contributed by atoms with Gasteiger partial charge in [0.2, 0.25) is 0 Å². The van der Waals surface area contributed by atoms with Crippen LogP contribution in [-0.4, -0.2) is 10.9 Å². The number of nitrogens with two attached hydrogens (primary N) is 1. The number of furan rings is 1. The maximum Gasteiger partial charge on any atom is 0.253 e. The molecular weight excluding hydrogens is 232 g/mol. The Kier molecular flexibility index (Phi) is 3.59. The number of anilines is 1. The molecule has 0 radical (unpaired) electrons. The zero-order chi connectivity index (χ0) is 13.0. The van der Waals surface area contributed by atoms with Crippen LogP contribution in [0.25, 0.3) is 0 Å². The minimum Gasteiger partial charge on any atom is -0.467 e. The Bertz CT molecular complexity index is 507. The third-order valence-corrected chi connectivity index (χ3v) is 2.49. The third kappa shape index (κ3) is 2.67. The van der Waals surface area contributed by atoms with E-state index in [1.165, 1.54) is 6.20 Å². The third-order valence-electron chi connectivity index (χ3n) is 2.49. The Hall–Kier alpha value is -2.34. The fourth-order valence-corrected chi connectivity index (χ4v) is 1.50. The monoisotopic (exact) mass is 246 g/mol. The quantitative estimate of drug-likeness (QED) is 0.561. The van der Waals surface area contributed by atoms with Gasteiger partial charge in [-0.15, -0.1) is 0 Å². The van der Waals surface area contributed by atoms with Crippen LogP contribution in [0.15, 0.2) is 41.1 Å². The van der Waals surface area contributed by atoms with Crippen LogP contribution in [0, 0.1) is 0 Å². The summed E-state index contributed by atoms with van der Waals surface area (Å²) in [6, 6.07) is 6.67. The maximum absolute atomic E-state index is 11.9. The van der Waals surface area contributed by atoms with Crippen molar-refractivity contribution in [3.05, 3.63) is 48.0 Å². The molecule has 2 rings (SSSR count). The molecule has 4 N–H and O–H groups in total. The summed E-state index contributed by atoms with van der Waals surface area (Å²) in [5.74, 6) is 6.19. The summed E-state index contributed by atoms with van der Waals surface area (Å²) in [5.41, 5.74) is 2.86. The maximum atomic E-state index is 11.9. The minimum absolute atomic E-state index is 0.195. The molecule has 1 unspecified atom stereocenters. The zero-order valence-corrected chi connectivity index (χ0v) is 9.88. The lowest BCUT2D eigenvalue weighted by molar-refractivity contribution is 0.0935. The van der Waals surface area contributed by atoms with E-state index in [1.807, 2.05) is 13.0 Å². The number of carbonyl (C=O) groups excluding carboxylic acids is 1. The first kappa shape index (κ1) is 12.1. The second-order valence-corrected chi connectivity index (χ2v) is 3.79. The van der Waals surface area contributed by atoms with E-state index in [4.69, 9.17) is 10.3 Å². The summed E-state index contributed by atoms with van der Waals surface area (Å²) < 4.78 is 5.21. The number of nitrogens with one attached hydrogen (secondary N) is 2. The van der Waals surface area contributed by atoms with E-state index in [-0.39, 0.29) is 11.9 Å². The number of rotatable bonds is 4. The largest absolute Gasteiger partial charge is 0.467 e. The van der Waals surface area contributed by atoms with E-state index in [0.717, 1.165) is 0 Å². The summed E-state index contributed by atoms with van der Waals surface area (Å²) in [6.45, 7) is 1.85. The Morgan fingerprint density at radius 3 is 2.83 bits per heavy atom. The predicted octanol–water partition coefficient (Wildman–Crippen LogP) is 1.45. The van der Waals surface area contributed by atoms with Gasteiger partial charge in [-0.25, -0.2) is 10.8 Å². The van der Waals surface area contributed by atoms with Crippen molar-refractivity contribution in [2.75, 3.05) is 5.43 Å². The standard InChI is InChI=1S/C12H14N4O2/c1-8(10-3-2-6-18-10)15-12(17)9-4-5-11(16-13)14-7-9/h2-8H,13H2,1H3,(H,14,16)(H,15,17). The van der Waals surface area contributed by atoms with Crippen LogP contribution in [0.2, 0.25) is 0 Å². The van der Waals surface area contributed by atoms with Crippen LogP contribution < -0.4 is 16.6 Å². The summed E-state index contributed by atoms with van der Waals surface area (Å²) in [4.78, 5) is 15.9. The summed E-state index contributed by atoms with van der Waals surface area (Å²) in [5, 5.41) is 2.81. The van der Waals surface area contributed by atoms with Crippen molar-refractivity contribution in [3.8, 4) is 0 Å². The van der Waals surface area contributed by atoms with Crippen molar-refractivity contribution in [2.24, 2.45) is 5.84 Å². The molecule has 0 spiro atoms. The number of nitrogens with zero attached hydrogens (tertiary/aromatic N) is 1. The highest BCUT2D eigenvalue weighted by Crippen LogP contribution is 2.13. The van der Waals surface area contributed by atoms with Crippen molar-refractivity contribution in [2.45, 2.75) is 13.0 Å². The molecule has 2 aromatic rings. The molecule has 18 heavy (non-hydrogen) atoms. The van der Waals surface area contributed by atoms with Gasteiger partial charge in [-0.05, 0) is 31.2 Å². The van der Waals surface area contributed by atoms with E-state index < -0.39 is 0 Å². The van der Waals surface area contributed by atoms with Crippen molar-refractivity contribution in [3.63, 3.8) is 0 Å². The number of hydrazine groups is 1. The molecule has 0 aliphatic heterocycles. The van der Waals surface area contributed by atoms with Crippen LogP contribution >= 0.6 is 0 Å². The highest BCUT2D eigenvalue weighted by Gasteiger charge is 2.13. The molecule has 0 fully saturated rings. The lowest BCUT2D eigenvalue weighted by atomic mass is 10.2. The van der Waals surface area contributed by atoms with Crippen LogP contribution in [0.3, 0.4) is 0 Å². The number of aromatic nitrogens is 1. The van der Waals surface area contributed by atoms with Crippen molar-refractivity contribution in [1.29, 1.82) is 0 Å². The van der Waals surface area contributed by atoms with Gasteiger partial charge in [0.15, 0.2) is 0 Å². The SMILES string of the molecule is CC(NC(=O)c1ccc(NN)nc1)c1ccco1. The molecule has 1 atom stereocenters.